The Balaban J connectivity index is 1.19. The summed E-state index contributed by atoms with van der Waals surface area (Å²) in [6, 6.07) is 21.7. The molecule has 3 N–H and O–H groups in total. The van der Waals surface area contributed by atoms with E-state index >= 15 is 0 Å². The van der Waals surface area contributed by atoms with E-state index < -0.39 is 46.6 Å². The summed E-state index contributed by atoms with van der Waals surface area (Å²) in [6.45, 7) is 1.57. The topological polar surface area (TPSA) is 179 Å². The van der Waals surface area contributed by atoms with Gasteiger partial charge in [0.1, 0.15) is 0 Å². The summed E-state index contributed by atoms with van der Waals surface area (Å²) in [5, 5.41) is 30.9. The number of carbonyl (C=O) groups excluding carboxylic acids is 1. The number of carboxylic acids is 1. The van der Waals surface area contributed by atoms with Crippen LogP contribution in [0.3, 0.4) is 0 Å². The molecule has 0 atom stereocenters. The van der Waals surface area contributed by atoms with E-state index in [-0.39, 0.29) is 23.4 Å². The third-order valence-electron chi connectivity index (χ3n) is 9.16. The number of aromatic carboxylic acids is 1. The standard InChI is InChI=1S/C37H36N6O7/c1-24-34(33(46)31(36(48)49)41-43(24)20-15-25-7-3-2-4-8-25)50-23-39-35(47)30-32(45)29(44)21-42(40-30)22-37(16-5-6-17-37)28-11-9-26(10-12-28)27-13-18-38-19-14-27/h2-4,7-14,18-19,21,44H,5-6,15-17,20,22-23H2,1H3,(H,39,47)(H,48,49). The van der Waals surface area contributed by atoms with Gasteiger partial charge in [-0.25, -0.2) is 4.79 Å². The van der Waals surface area contributed by atoms with Gasteiger partial charge < -0.3 is 20.3 Å². The normalized spacial score (nSPS) is 13.5. The number of carboxylic acid groups (broad SMARTS) is 1. The van der Waals surface area contributed by atoms with Gasteiger partial charge in [0.25, 0.3) is 16.8 Å². The second-order valence-electron chi connectivity index (χ2n) is 12.3. The molecule has 0 unspecified atom stereocenters. The van der Waals surface area contributed by atoms with Crippen molar-refractivity contribution < 1.29 is 24.5 Å². The molecule has 1 saturated carbocycles. The van der Waals surface area contributed by atoms with Crippen LogP contribution in [0, 0.1) is 6.92 Å². The van der Waals surface area contributed by atoms with E-state index in [4.69, 9.17) is 4.74 Å². The number of carbonyl (C=O) groups is 2. The lowest BCUT2D eigenvalue weighted by molar-refractivity contribution is 0.0683. The number of benzene rings is 2. The van der Waals surface area contributed by atoms with Crippen molar-refractivity contribution in [3.63, 3.8) is 0 Å². The second-order valence-corrected chi connectivity index (χ2v) is 12.3. The van der Waals surface area contributed by atoms with Gasteiger partial charge in [0.15, 0.2) is 23.9 Å². The Bertz CT molecular complexity index is 2120. The number of ether oxygens (including phenoxy) is 1. The van der Waals surface area contributed by atoms with Gasteiger partial charge in [0, 0.05) is 24.4 Å². The largest absolute Gasteiger partial charge is 0.503 e. The molecule has 6 rings (SSSR count). The van der Waals surface area contributed by atoms with Crippen LogP contribution in [0.4, 0.5) is 0 Å². The summed E-state index contributed by atoms with van der Waals surface area (Å²) in [5.74, 6) is -3.39. The highest BCUT2D eigenvalue weighted by Crippen LogP contribution is 2.43. The molecule has 256 valence electrons. The fraction of sp³-hybridized carbons (Fsp3) is 0.270. The van der Waals surface area contributed by atoms with Gasteiger partial charge in [-0.05, 0) is 60.6 Å². The van der Waals surface area contributed by atoms with Gasteiger partial charge in [0.2, 0.25) is 5.69 Å². The van der Waals surface area contributed by atoms with E-state index in [2.05, 4.69) is 44.8 Å². The minimum absolute atomic E-state index is 0.263. The highest BCUT2D eigenvalue weighted by Gasteiger charge is 2.37. The van der Waals surface area contributed by atoms with Crippen LogP contribution in [-0.4, -0.2) is 53.4 Å². The van der Waals surface area contributed by atoms with E-state index in [0.29, 0.717) is 13.0 Å². The summed E-state index contributed by atoms with van der Waals surface area (Å²) >= 11 is 0. The van der Waals surface area contributed by atoms with Crippen molar-refractivity contribution in [1.82, 2.24) is 29.9 Å². The van der Waals surface area contributed by atoms with Crippen LogP contribution in [0.2, 0.25) is 0 Å². The molecular formula is C37H36N6O7. The Hall–Kier alpha value is -6.11. The lowest BCUT2D eigenvalue weighted by atomic mass is 9.78. The maximum Gasteiger partial charge on any atom is 0.360 e. The number of hydrogen-bond donors (Lipinski definition) is 3. The molecule has 0 spiro atoms. The van der Waals surface area contributed by atoms with Crippen LogP contribution in [-0.2, 0) is 24.9 Å². The van der Waals surface area contributed by atoms with Crippen molar-refractivity contribution >= 4 is 11.9 Å². The smallest absolute Gasteiger partial charge is 0.360 e. The molecule has 0 bridgehead atoms. The molecule has 13 nitrogen and oxygen atoms in total. The molecule has 1 aliphatic rings. The third kappa shape index (κ3) is 7.16. The van der Waals surface area contributed by atoms with Crippen LogP contribution >= 0.6 is 0 Å². The molecule has 13 heteroatoms. The molecule has 0 aliphatic heterocycles. The molecule has 3 aromatic heterocycles. The van der Waals surface area contributed by atoms with Crippen molar-refractivity contribution in [3.8, 4) is 22.6 Å². The molecule has 0 radical (unpaired) electrons. The minimum atomic E-state index is -1.52. The average molecular weight is 677 g/mol. The van der Waals surface area contributed by atoms with Gasteiger partial charge in [-0.3, -0.25) is 28.7 Å². The van der Waals surface area contributed by atoms with E-state index in [1.165, 1.54) is 15.6 Å². The van der Waals surface area contributed by atoms with Crippen molar-refractivity contribution in [1.29, 1.82) is 0 Å². The Morgan fingerprint density at radius 2 is 1.58 bits per heavy atom. The number of aryl methyl sites for hydroxylation is 2. The van der Waals surface area contributed by atoms with Crippen LogP contribution in [0.15, 0.2) is 94.9 Å². The van der Waals surface area contributed by atoms with E-state index in [1.54, 1.807) is 19.3 Å². The zero-order valence-electron chi connectivity index (χ0n) is 27.4. The van der Waals surface area contributed by atoms with Crippen molar-refractivity contribution in [2.24, 2.45) is 0 Å². The van der Waals surface area contributed by atoms with Gasteiger partial charge in [-0.2, -0.15) is 10.2 Å². The van der Waals surface area contributed by atoms with E-state index in [0.717, 1.165) is 47.9 Å². The summed E-state index contributed by atoms with van der Waals surface area (Å²) in [5.41, 5.74) is 0.929. The van der Waals surface area contributed by atoms with Gasteiger partial charge >= 0.3 is 5.97 Å². The number of nitrogens with zero attached hydrogens (tertiary/aromatic N) is 5. The molecule has 1 aliphatic carbocycles. The second kappa shape index (κ2) is 14.6. The number of aromatic nitrogens is 5. The summed E-state index contributed by atoms with van der Waals surface area (Å²) < 4.78 is 8.39. The zero-order chi connectivity index (χ0) is 35.3. The molecular weight excluding hydrogens is 640 g/mol. The molecule has 50 heavy (non-hydrogen) atoms. The fourth-order valence-corrected chi connectivity index (χ4v) is 6.51. The van der Waals surface area contributed by atoms with Crippen molar-refractivity contribution in [2.45, 2.75) is 57.5 Å². The molecule has 2 aromatic carbocycles. The lowest BCUT2D eigenvalue weighted by Gasteiger charge is -2.30. The first-order valence-electron chi connectivity index (χ1n) is 16.3. The van der Waals surface area contributed by atoms with Gasteiger partial charge in [-0.15, -0.1) is 0 Å². The summed E-state index contributed by atoms with van der Waals surface area (Å²) in [4.78, 5) is 54.9. The first kappa shape index (κ1) is 33.8. The van der Waals surface area contributed by atoms with Crippen LogP contribution < -0.4 is 20.9 Å². The van der Waals surface area contributed by atoms with Gasteiger partial charge in [-0.1, -0.05) is 67.4 Å². The average Bonchev–Trinajstić information content (AvgIpc) is 3.61. The number of hydrogen-bond acceptors (Lipinski definition) is 9. The first-order valence-corrected chi connectivity index (χ1v) is 16.3. The highest BCUT2D eigenvalue weighted by molar-refractivity contribution is 5.92. The third-order valence-corrected chi connectivity index (χ3v) is 9.16. The Kier molecular flexibility index (Phi) is 9.84. The number of nitrogens with one attached hydrogen (secondary N) is 1. The number of rotatable bonds is 12. The molecule has 1 fully saturated rings. The van der Waals surface area contributed by atoms with Crippen LogP contribution in [0.25, 0.3) is 11.1 Å². The number of amides is 1. The molecule has 3 heterocycles. The number of pyridine rings is 1. The number of aromatic hydroxyl groups is 1. The summed E-state index contributed by atoms with van der Waals surface area (Å²) in [6.07, 6.45) is 8.94. The Morgan fingerprint density at radius 1 is 0.900 bits per heavy atom. The Morgan fingerprint density at radius 3 is 2.26 bits per heavy atom. The van der Waals surface area contributed by atoms with Crippen LogP contribution in [0.5, 0.6) is 11.5 Å². The van der Waals surface area contributed by atoms with Crippen LogP contribution in [0.1, 0.15) is 63.5 Å². The lowest BCUT2D eigenvalue weighted by Crippen LogP contribution is -2.36. The predicted molar refractivity (Wildman–Crippen MR) is 183 cm³/mol. The predicted octanol–water partition coefficient (Wildman–Crippen LogP) is 4.10. The Labute approximate surface area is 286 Å². The molecule has 5 aromatic rings. The molecule has 1 amide bonds. The van der Waals surface area contributed by atoms with E-state index in [9.17, 15) is 29.4 Å². The maximum absolute atomic E-state index is 13.2. The zero-order valence-corrected chi connectivity index (χ0v) is 27.4. The quantitative estimate of drug-likeness (QED) is 0.163. The maximum atomic E-state index is 13.2. The van der Waals surface area contributed by atoms with Crippen molar-refractivity contribution in [2.75, 3.05) is 6.73 Å². The van der Waals surface area contributed by atoms with Gasteiger partial charge in [0.05, 0.1) is 18.4 Å². The summed E-state index contributed by atoms with van der Waals surface area (Å²) in [7, 11) is 0. The minimum Gasteiger partial charge on any atom is -0.503 e. The highest BCUT2D eigenvalue weighted by atomic mass is 16.5. The monoisotopic (exact) mass is 676 g/mol. The molecule has 0 saturated heterocycles. The van der Waals surface area contributed by atoms with Crippen molar-refractivity contribution in [3.05, 3.63) is 134 Å². The first-order chi connectivity index (χ1) is 24.1. The fourth-order valence-electron chi connectivity index (χ4n) is 6.51. The van der Waals surface area contributed by atoms with E-state index in [1.807, 2.05) is 42.5 Å². The SMILES string of the molecule is Cc1c(OCNC(=O)c2nn(CC3(c4ccc(-c5ccncc5)cc4)CCCC3)cc(O)c2=O)c(=O)c(C(=O)O)nn1CCc1ccccc1.